The summed E-state index contributed by atoms with van der Waals surface area (Å²) in [6.45, 7) is 12.1. The van der Waals surface area contributed by atoms with Crippen LogP contribution in [0.2, 0.25) is 0 Å². The number of nitrogens with zero attached hydrogens (tertiary/aromatic N) is 3. The summed E-state index contributed by atoms with van der Waals surface area (Å²) in [5, 5.41) is 8.69. The molecule has 1 aromatic heterocycles. The third-order valence-electron chi connectivity index (χ3n) is 4.97. The Morgan fingerprint density at radius 1 is 1.22 bits per heavy atom. The maximum atomic E-state index is 12.6. The molecule has 6 heteroatoms. The predicted octanol–water partition coefficient (Wildman–Crippen LogP) is 3.33. The Labute approximate surface area is 161 Å². The van der Waals surface area contributed by atoms with Crippen LogP contribution in [0.25, 0.3) is 10.9 Å². The molecular formula is C21H32N4O2. The van der Waals surface area contributed by atoms with Gasteiger partial charge in [-0.25, -0.2) is 0 Å². The van der Waals surface area contributed by atoms with Gasteiger partial charge in [0.15, 0.2) is 0 Å². The van der Waals surface area contributed by atoms with Crippen LogP contribution < -0.4 is 5.32 Å². The Balaban J connectivity index is 1.66. The summed E-state index contributed by atoms with van der Waals surface area (Å²) in [7, 11) is 0. The molecule has 2 heterocycles. The van der Waals surface area contributed by atoms with Crippen molar-refractivity contribution in [2.75, 3.05) is 26.2 Å². The van der Waals surface area contributed by atoms with Gasteiger partial charge in [-0.1, -0.05) is 6.42 Å². The monoisotopic (exact) mass is 372 g/mol. The highest BCUT2D eigenvalue weighted by Gasteiger charge is 2.16. The van der Waals surface area contributed by atoms with Crippen molar-refractivity contribution >= 4 is 16.8 Å². The molecule has 1 fully saturated rings. The number of rotatable bonds is 6. The summed E-state index contributed by atoms with van der Waals surface area (Å²) >= 11 is 0. The van der Waals surface area contributed by atoms with Crippen molar-refractivity contribution in [1.82, 2.24) is 20.0 Å². The Hall–Kier alpha value is -1.92. The van der Waals surface area contributed by atoms with Crippen LogP contribution in [-0.4, -0.2) is 52.4 Å². The molecule has 0 aliphatic carbocycles. The van der Waals surface area contributed by atoms with E-state index in [1.807, 2.05) is 44.5 Å². The first kappa shape index (κ1) is 19.8. The standard InChI is InChI=1S/C21H32N4O2/c1-16-17(20(26)22-10-13-27-21(2,3)4)8-9-19-18(16)14-25(23-19)15-24-11-6-5-7-12-24/h8-9,14H,5-7,10-13,15H2,1-4H3,(H,22,26). The zero-order valence-corrected chi connectivity index (χ0v) is 17.0. The number of piperidine rings is 1. The lowest BCUT2D eigenvalue weighted by molar-refractivity contribution is -0.000655. The fourth-order valence-corrected chi connectivity index (χ4v) is 3.52. The molecule has 0 bridgehead atoms. The number of ether oxygens (including phenoxy) is 1. The van der Waals surface area contributed by atoms with Gasteiger partial charge in [0, 0.05) is 23.7 Å². The van der Waals surface area contributed by atoms with E-state index in [1.54, 1.807) is 0 Å². The Bertz CT molecular complexity index is 785. The normalized spacial score (nSPS) is 16.0. The molecule has 3 rings (SSSR count). The van der Waals surface area contributed by atoms with Gasteiger partial charge in [0.2, 0.25) is 0 Å². The molecule has 2 aromatic rings. The van der Waals surface area contributed by atoms with Crippen LogP contribution in [0, 0.1) is 6.92 Å². The van der Waals surface area contributed by atoms with E-state index >= 15 is 0 Å². The van der Waals surface area contributed by atoms with Crippen LogP contribution in [0.5, 0.6) is 0 Å². The van der Waals surface area contributed by atoms with E-state index in [0.717, 1.165) is 36.2 Å². The fraction of sp³-hybridized carbons (Fsp3) is 0.619. The molecule has 0 radical (unpaired) electrons. The van der Waals surface area contributed by atoms with Crippen LogP contribution in [-0.2, 0) is 11.4 Å². The third-order valence-corrected chi connectivity index (χ3v) is 4.97. The zero-order chi connectivity index (χ0) is 19.4. The summed E-state index contributed by atoms with van der Waals surface area (Å²) in [5.41, 5.74) is 2.43. The van der Waals surface area contributed by atoms with Gasteiger partial charge in [-0.2, -0.15) is 5.10 Å². The summed E-state index contributed by atoms with van der Waals surface area (Å²) < 4.78 is 7.66. The number of hydrogen-bond acceptors (Lipinski definition) is 4. The molecule has 1 aliphatic heterocycles. The van der Waals surface area contributed by atoms with Gasteiger partial charge >= 0.3 is 0 Å². The second-order valence-corrected chi connectivity index (χ2v) is 8.38. The summed E-state index contributed by atoms with van der Waals surface area (Å²) in [4.78, 5) is 15.0. The number of amides is 1. The Morgan fingerprint density at radius 3 is 2.67 bits per heavy atom. The van der Waals surface area contributed by atoms with Crippen LogP contribution in [0.15, 0.2) is 18.3 Å². The largest absolute Gasteiger partial charge is 0.374 e. The van der Waals surface area contributed by atoms with E-state index < -0.39 is 0 Å². The molecule has 1 N–H and O–H groups in total. The number of hydrogen-bond donors (Lipinski definition) is 1. The number of carbonyl (C=O) groups excluding carboxylic acids is 1. The second kappa shape index (κ2) is 8.40. The van der Waals surface area contributed by atoms with Crippen molar-refractivity contribution in [3.05, 3.63) is 29.5 Å². The molecule has 0 saturated carbocycles. The van der Waals surface area contributed by atoms with E-state index in [2.05, 4.69) is 16.4 Å². The summed E-state index contributed by atoms with van der Waals surface area (Å²) in [6.07, 6.45) is 5.93. The SMILES string of the molecule is Cc1c(C(=O)NCCOC(C)(C)C)ccc2nn(CN3CCCCC3)cc12. The van der Waals surface area contributed by atoms with Crippen LogP contribution >= 0.6 is 0 Å². The lowest BCUT2D eigenvalue weighted by Gasteiger charge is -2.25. The first-order valence-electron chi connectivity index (χ1n) is 9.95. The smallest absolute Gasteiger partial charge is 0.251 e. The van der Waals surface area contributed by atoms with E-state index in [0.29, 0.717) is 18.7 Å². The lowest BCUT2D eigenvalue weighted by atomic mass is 10.0. The highest BCUT2D eigenvalue weighted by molar-refractivity contribution is 6.00. The number of carbonyl (C=O) groups is 1. The molecule has 0 atom stereocenters. The van der Waals surface area contributed by atoms with E-state index in [4.69, 9.17) is 9.84 Å². The van der Waals surface area contributed by atoms with Crippen LogP contribution in [0.4, 0.5) is 0 Å². The van der Waals surface area contributed by atoms with Crippen molar-refractivity contribution in [2.45, 2.75) is 59.2 Å². The minimum Gasteiger partial charge on any atom is -0.374 e. The maximum Gasteiger partial charge on any atom is 0.251 e. The maximum absolute atomic E-state index is 12.6. The van der Waals surface area contributed by atoms with Gasteiger partial charge < -0.3 is 10.1 Å². The number of aromatic nitrogens is 2. The Kier molecular flexibility index (Phi) is 6.17. The molecule has 1 amide bonds. The average Bonchev–Trinajstić information content (AvgIpc) is 3.02. The molecule has 0 unspecified atom stereocenters. The topological polar surface area (TPSA) is 59.4 Å². The van der Waals surface area contributed by atoms with E-state index in [-0.39, 0.29) is 11.5 Å². The number of aryl methyl sites for hydroxylation is 1. The van der Waals surface area contributed by atoms with Gasteiger partial charge in [0.25, 0.3) is 5.91 Å². The first-order valence-corrected chi connectivity index (χ1v) is 9.95. The third kappa shape index (κ3) is 5.30. The van der Waals surface area contributed by atoms with Gasteiger partial charge in [-0.15, -0.1) is 0 Å². The fourth-order valence-electron chi connectivity index (χ4n) is 3.52. The number of likely N-dealkylation sites (tertiary alicyclic amines) is 1. The molecule has 1 aliphatic rings. The molecule has 0 spiro atoms. The van der Waals surface area contributed by atoms with Gasteiger partial charge in [-0.3, -0.25) is 14.4 Å². The second-order valence-electron chi connectivity index (χ2n) is 8.38. The molecular weight excluding hydrogens is 340 g/mol. The Morgan fingerprint density at radius 2 is 1.96 bits per heavy atom. The highest BCUT2D eigenvalue weighted by atomic mass is 16.5. The van der Waals surface area contributed by atoms with Crippen molar-refractivity contribution < 1.29 is 9.53 Å². The highest BCUT2D eigenvalue weighted by Crippen LogP contribution is 2.21. The van der Waals surface area contributed by atoms with Crippen LogP contribution in [0.3, 0.4) is 0 Å². The van der Waals surface area contributed by atoms with Crippen molar-refractivity contribution in [3.8, 4) is 0 Å². The van der Waals surface area contributed by atoms with Crippen LogP contribution in [0.1, 0.15) is 56.0 Å². The van der Waals surface area contributed by atoms with Gasteiger partial charge in [-0.05, 0) is 71.3 Å². The minimum atomic E-state index is -0.192. The predicted molar refractivity (Wildman–Crippen MR) is 108 cm³/mol. The van der Waals surface area contributed by atoms with Gasteiger partial charge in [0.05, 0.1) is 24.4 Å². The van der Waals surface area contributed by atoms with Crippen molar-refractivity contribution in [1.29, 1.82) is 0 Å². The number of fused-ring (bicyclic) bond motifs is 1. The average molecular weight is 373 g/mol. The number of benzene rings is 1. The number of nitrogens with one attached hydrogen (secondary N) is 1. The first-order chi connectivity index (χ1) is 12.8. The van der Waals surface area contributed by atoms with Crippen molar-refractivity contribution in [2.24, 2.45) is 0 Å². The summed E-state index contributed by atoms with van der Waals surface area (Å²) in [6, 6.07) is 3.81. The molecule has 148 valence electrons. The minimum absolute atomic E-state index is 0.0595. The van der Waals surface area contributed by atoms with Crippen molar-refractivity contribution in [3.63, 3.8) is 0 Å². The molecule has 1 saturated heterocycles. The van der Waals surface area contributed by atoms with Gasteiger partial charge in [0.1, 0.15) is 0 Å². The van der Waals surface area contributed by atoms with E-state index in [1.165, 1.54) is 19.3 Å². The lowest BCUT2D eigenvalue weighted by Crippen LogP contribution is -2.31. The summed E-state index contributed by atoms with van der Waals surface area (Å²) in [5.74, 6) is -0.0595. The molecule has 1 aromatic carbocycles. The zero-order valence-electron chi connectivity index (χ0n) is 17.0. The molecule has 27 heavy (non-hydrogen) atoms. The molecule has 6 nitrogen and oxygen atoms in total. The quantitative estimate of drug-likeness (QED) is 0.790. The van der Waals surface area contributed by atoms with E-state index in [9.17, 15) is 4.79 Å².